The van der Waals surface area contributed by atoms with Gasteiger partial charge in [-0.3, -0.25) is 0 Å². The summed E-state index contributed by atoms with van der Waals surface area (Å²) in [6.07, 6.45) is 11.5. The van der Waals surface area contributed by atoms with Gasteiger partial charge in [0.25, 0.3) is 0 Å². The van der Waals surface area contributed by atoms with Crippen molar-refractivity contribution in [1.82, 2.24) is 0 Å². The quantitative estimate of drug-likeness (QED) is 0.151. The summed E-state index contributed by atoms with van der Waals surface area (Å²) in [6.45, 7) is 5.49. The molecule has 0 saturated carbocycles. The number of carbonyl (C=O) groups is 1. The summed E-state index contributed by atoms with van der Waals surface area (Å²) in [5, 5.41) is 0. The molecular formula is C27H37FO4. The van der Waals surface area contributed by atoms with Crippen molar-refractivity contribution >= 4 is 5.97 Å². The number of benzene rings is 2. The molecule has 0 spiro atoms. The maximum atomic E-state index is 14.2. The second kappa shape index (κ2) is 15.3. The van der Waals surface area contributed by atoms with Crippen LogP contribution >= 0.6 is 0 Å². The van der Waals surface area contributed by atoms with E-state index in [4.69, 9.17) is 14.2 Å². The van der Waals surface area contributed by atoms with E-state index in [-0.39, 0.29) is 11.5 Å². The Morgan fingerprint density at radius 1 is 0.719 bits per heavy atom. The van der Waals surface area contributed by atoms with E-state index in [2.05, 4.69) is 13.8 Å². The van der Waals surface area contributed by atoms with Crippen LogP contribution in [0.1, 0.15) is 88.4 Å². The largest absolute Gasteiger partial charge is 0.494 e. The number of hydrogen-bond acceptors (Lipinski definition) is 4. The van der Waals surface area contributed by atoms with E-state index in [9.17, 15) is 9.18 Å². The molecule has 4 nitrogen and oxygen atoms in total. The normalized spacial score (nSPS) is 10.7. The van der Waals surface area contributed by atoms with Gasteiger partial charge in [-0.25, -0.2) is 9.18 Å². The van der Waals surface area contributed by atoms with Crippen molar-refractivity contribution in [3.63, 3.8) is 0 Å². The molecule has 0 heterocycles. The van der Waals surface area contributed by atoms with E-state index in [1.807, 2.05) is 0 Å². The third-order valence-corrected chi connectivity index (χ3v) is 5.23. The number of carbonyl (C=O) groups excluding carboxylic acids is 1. The Hall–Kier alpha value is -2.56. The van der Waals surface area contributed by atoms with Crippen molar-refractivity contribution in [2.45, 2.75) is 78.1 Å². The van der Waals surface area contributed by atoms with Crippen LogP contribution in [-0.4, -0.2) is 19.2 Å². The monoisotopic (exact) mass is 444 g/mol. The van der Waals surface area contributed by atoms with Gasteiger partial charge in [-0.15, -0.1) is 0 Å². The van der Waals surface area contributed by atoms with E-state index in [1.165, 1.54) is 44.2 Å². The molecule has 2 rings (SSSR count). The minimum Gasteiger partial charge on any atom is -0.494 e. The minimum atomic E-state index is -0.542. The van der Waals surface area contributed by atoms with Crippen LogP contribution in [0.4, 0.5) is 4.39 Å². The predicted octanol–water partition coefficient (Wildman–Crippen LogP) is 7.74. The molecule has 0 bridgehead atoms. The Bertz CT molecular complexity index is 789. The first-order valence-electron chi connectivity index (χ1n) is 12.0. The summed E-state index contributed by atoms with van der Waals surface area (Å²) in [6, 6.07) is 11.0. The lowest BCUT2D eigenvalue weighted by Crippen LogP contribution is -2.09. The zero-order valence-corrected chi connectivity index (χ0v) is 19.5. The number of ether oxygens (including phenoxy) is 3. The third-order valence-electron chi connectivity index (χ3n) is 5.23. The molecule has 2 aromatic carbocycles. The van der Waals surface area contributed by atoms with E-state index in [1.54, 1.807) is 30.3 Å². The molecule has 0 radical (unpaired) electrons. The Labute approximate surface area is 192 Å². The van der Waals surface area contributed by atoms with E-state index < -0.39 is 11.8 Å². The number of rotatable bonds is 16. The molecule has 0 aliphatic carbocycles. The first-order chi connectivity index (χ1) is 15.6. The minimum absolute atomic E-state index is 0.147. The van der Waals surface area contributed by atoms with Crippen molar-refractivity contribution in [2.24, 2.45) is 0 Å². The number of halogens is 1. The molecular weight excluding hydrogens is 407 g/mol. The van der Waals surface area contributed by atoms with Crippen LogP contribution < -0.4 is 14.2 Å². The smallest absolute Gasteiger partial charge is 0.343 e. The lowest BCUT2D eigenvalue weighted by atomic mass is 10.1. The van der Waals surface area contributed by atoms with E-state index in [0.29, 0.717) is 18.8 Å². The van der Waals surface area contributed by atoms with Crippen molar-refractivity contribution in [2.75, 3.05) is 13.2 Å². The number of esters is 1. The van der Waals surface area contributed by atoms with Gasteiger partial charge in [-0.2, -0.15) is 0 Å². The zero-order chi connectivity index (χ0) is 23.0. The molecule has 32 heavy (non-hydrogen) atoms. The Kier molecular flexibility index (Phi) is 12.3. The topological polar surface area (TPSA) is 44.8 Å². The Morgan fingerprint density at radius 3 is 1.94 bits per heavy atom. The molecule has 0 unspecified atom stereocenters. The summed E-state index contributed by atoms with van der Waals surface area (Å²) >= 11 is 0. The van der Waals surface area contributed by atoms with Crippen LogP contribution in [0.15, 0.2) is 42.5 Å². The van der Waals surface area contributed by atoms with Crippen molar-refractivity contribution in [3.05, 3.63) is 53.8 Å². The van der Waals surface area contributed by atoms with Gasteiger partial charge in [-0.1, -0.05) is 65.2 Å². The highest BCUT2D eigenvalue weighted by molar-refractivity contribution is 5.91. The highest BCUT2D eigenvalue weighted by Crippen LogP contribution is 2.24. The van der Waals surface area contributed by atoms with Gasteiger partial charge in [0.2, 0.25) is 0 Å². The first-order valence-corrected chi connectivity index (χ1v) is 12.0. The zero-order valence-electron chi connectivity index (χ0n) is 19.5. The molecule has 0 fully saturated rings. The fourth-order valence-electron chi connectivity index (χ4n) is 3.30. The average Bonchev–Trinajstić information content (AvgIpc) is 2.80. The van der Waals surface area contributed by atoms with Crippen LogP contribution in [-0.2, 0) is 0 Å². The van der Waals surface area contributed by atoms with Crippen molar-refractivity contribution in [1.29, 1.82) is 0 Å². The van der Waals surface area contributed by atoms with E-state index in [0.717, 1.165) is 37.9 Å². The summed E-state index contributed by atoms with van der Waals surface area (Å²) in [5.41, 5.74) is 0.383. The van der Waals surface area contributed by atoms with Gasteiger partial charge < -0.3 is 14.2 Å². The second-order valence-electron chi connectivity index (χ2n) is 8.03. The SMILES string of the molecule is CCCCCCCCOc1ccc(C(=O)Oc2ccc(OCCCCCC)c(F)c2)cc1. The van der Waals surface area contributed by atoms with Crippen molar-refractivity contribution < 1.29 is 23.4 Å². The lowest BCUT2D eigenvalue weighted by molar-refractivity contribution is 0.0734. The first kappa shape index (κ1) is 25.7. The predicted molar refractivity (Wildman–Crippen MR) is 126 cm³/mol. The fraction of sp³-hybridized carbons (Fsp3) is 0.519. The summed E-state index contributed by atoms with van der Waals surface area (Å²) in [7, 11) is 0. The van der Waals surface area contributed by atoms with Gasteiger partial charge in [0, 0.05) is 6.07 Å². The molecule has 5 heteroatoms. The van der Waals surface area contributed by atoms with Gasteiger partial charge >= 0.3 is 5.97 Å². The summed E-state index contributed by atoms with van der Waals surface area (Å²) in [5.74, 6) is -0.0340. The number of hydrogen-bond donors (Lipinski definition) is 0. The lowest BCUT2D eigenvalue weighted by Gasteiger charge is -2.10. The summed E-state index contributed by atoms with van der Waals surface area (Å²) < 4.78 is 30.7. The molecule has 0 N–H and O–H groups in total. The maximum Gasteiger partial charge on any atom is 0.343 e. The van der Waals surface area contributed by atoms with Gasteiger partial charge in [-0.05, 0) is 49.2 Å². The highest BCUT2D eigenvalue weighted by Gasteiger charge is 2.12. The van der Waals surface area contributed by atoms with Gasteiger partial charge in [0.05, 0.1) is 18.8 Å². The van der Waals surface area contributed by atoms with Gasteiger partial charge in [0.1, 0.15) is 11.5 Å². The maximum absolute atomic E-state index is 14.2. The molecule has 0 aromatic heterocycles. The Morgan fingerprint density at radius 2 is 1.28 bits per heavy atom. The van der Waals surface area contributed by atoms with Crippen LogP contribution in [0.5, 0.6) is 17.2 Å². The van der Waals surface area contributed by atoms with Crippen LogP contribution in [0.25, 0.3) is 0 Å². The van der Waals surface area contributed by atoms with Crippen LogP contribution in [0.2, 0.25) is 0 Å². The fourth-order valence-corrected chi connectivity index (χ4v) is 3.30. The third kappa shape index (κ3) is 9.71. The molecule has 0 amide bonds. The Balaban J connectivity index is 1.75. The van der Waals surface area contributed by atoms with Crippen molar-refractivity contribution in [3.8, 4) is 17.2 Å². The standard InChI is InChI=1S/C27H37FO4/c1-3-5-7-9-10-12-19-30-23-15-13-22(14-16-23)27(29)32-24-17-18-26(25(28)21-24)31-20-11-8-6-4-2/h13-18,21H,3-12,19-20H2,1-2H3. The second-order valence-corrected chi connectivity index (χ2v) is 8.03. The number of unbranched alkanes of at least 4 members (excludes halogenated alkanes) is 8. The average molecular weight is 445 g/mol. The molecule has 0 atom stereocenters. The summed E-state index contributed by atoms with van der Waals surface area (Å²) in [4.78, 5) is 12.4. The molecule has 2 aromatic rings. The van der Waals surface area contributed by atoms with Gasteiger partial charge in [0.15, 0.2) is 11.6 Å². The van der Waals surface area contributed by atoms with Crippen LogP contribution in [0.3, 0.4) is 0 Å². The highest BCUT2D eigenvalue weighted by atomic mass is 19.1. The molecule has 0 saturated heterocycles. The van der Waals surface area contributed by atoms with Crippen LogP contribution in [0, 0.1) is 5.82 Å². The molecule has 176 valence electrons. The van der Waals surface area contributed by atoms with E-state index >= 15 is 0 Å². The molecule has 0 aliphatic rings. The molecule has 0 aliphatic heterocycles.